The summed E-state index contributed by atoms with van der Waals surface area (Å²) in [6.07, 6.45) is -5.25. The topological polar surface area (TPSA) is 94.6 Å². The van der Waals surface area contributed by atoms with Crippen molar-refractivity contribution in [3.8, 4) is 11.8 Å². The Balaban J connectivity index is 2.83. The molecule has 0 fully saturated rings. The summed E-state index contributed by atoms with van der Waals surface area (Å²) in [6, 6.07) is 2.49. The Morgan fingerprint density at radius 2 is 2.00 bits per heavy atom. The zero-order chi connectivity index (χ0) is 21.2. The third kappa shape index (κ3) is 4.00. The molecular formula is C17H13F5N2O4. The first kappa shape index (κ1) is 21.0. The van der Waals surface area contributed by atoms with Gasteiger partial charge in [-0.25, -0.2) is 13.6 Å². The highest BCUT2D eigenvalue weighted by Crippen LogP contribution is 2.45. The first-order valence-corrected chi connectivity index (χ1v) is 7.70. The number of benzene rings is 1. The van der Waals surface area contributed by atoms with E-state index in [2.05, 4.69) is 4.74 Å². The molecule has 150 valence electrons. The Morgan fingerprint density at radius 3 is 2.54 bits per heavy atom. The summed E-state index contributed by atoms with van der Waals surface area (Å²) in [7, 11) is 0. The molecule has 2 N–H and O–H groups in total. The fourth-order valence-electron chi connectivity index (χ4n) is 2.67. The van der Waals surface area contributed by atoms with Gasteiger partial charge in [-0.15, -0.1) is 13.2 Å². The average molecular weight is 404 g/mol. The molecular weight excluding hydrogens is 391 g/mol. The van der Waals surface area contributed by atoms with Crippen LogP contribution in [0.15, 0.2) is 34.9 Å². The zero-order valence-electron chi connectivity index (χ0n) is 14.5. The normalized spacial score (nSPS) is 17.1. The standard InChI is InChI=1S/C17H13F5N2O4/c1-3-26-16(25)11-7(2)27-15(24)8(6-23)12(11)13-10(28-17(20,21)22)5-4-9(18)14(13)19/h4-5,12H,3,24H2,1-2H3. The molecule has 1 aliphatic heterocycles. The summed E-state index contributed by atoms with van der Waals surface area (Å²) in [5.41, 5.74) is 3.42. The molecule has 0 saturated heterocycles. The quantitative estimate of drug-likeness (QED) is 0.610. The van der Waals surface area contributed by atoms with E-state index in [4.69, 9.17) is 15.2 Å². The van der Waals surface area contributed by atoms with Crippen molar-refractivity contribution in [3.05, 3.63) is 52.1 Å². The molecule has 0 amide bonds. The van der Waals surface area contributed by atoms with Gasteiger partial charge in [-0.1, -0.05) is 0 Å². The number of ether oxygens (including phenoxy) is 3. The molecule has 6 nitrogen and oxygen atoms in total. The molecule has 11 heteroatoms. The van der Waals surface area contributed by atoms with Crippen LogP contribution >= 0.6 is 0 Å². The van der Waals surface area contributed by atoms with Crippen LogP contribution in [-0.4, -0.2) is 18.9 Å². The van der Waals surface area contributed by atoms with Gasteiger partial charge < -0.3 is 19.9 Å². The van der Waals surface area contributed by atoms with Crippen molar-refractivity contribution in [2.45, 2.75) is 26.1 Å². The molecule has 0 bridgehead atoms. The van der Waals surface area contributed by atoms with Crippen LogP contribution in [-0.2, 0) is 14.3 Å². The predicted molar refractivity (Wildman–Crippen MR) is 83.0 cm³/mol. The number of hydrogen-bond donors (Lipinski definition) is 1. The summed E-state index contributed by atoms with van der Waals surface area (Å²) in [6.45, 7) is 2.52. The Hall–Kier alpha value is -3.29. The molecule has 1 aromatic carbocycles. The first-order valence-electron chi connectivity index (χ1n) is 7.70. The molecule has 2 rings (SSSR count). The Morgan fingerprint density at radius 1 is 1.36 bits per heavy atom. The van der Waals surface area contributed by atoms with Gasteiger partial charge >= 0.3 is 12.3 Å². The van der Waals surface area contributed by atoms with E-state index in [9.17, 15) is 32.0 Å². The van der Waals surface area contributed by atoms with Gasteiger partial charge in [0, 0.05) is 5.56 Å². The van der Waals surface area contributed by atoms with Gasteiger partial charge in [-0.05, 0) is 26.0 Å². The number of allylic oxidation sites excluding steroid dienone is 2. The highest BCUT2D eigenvalue weighted by Gasteiger charge is 2.42. The highest BCUT2D eigenvalue weighted by molar-refractivity contribution is 5.92. The number of esters is 1. The maximum Gasteiger partial charge on any atom is 0.573 e. The minimum Gasteiger partial charge on any atom is -0.463 e. The number of carbonyl (C=O) groups is 1. The Kier molecular flexibility index (Phi) is 5.82. The van der Waals surface area contributed by atoms with Crippen LogP contribution in [0.3, 0.4) is 0 Å². The van der Waals surface area contributed by atoms with Crippen LogP contribution < -0.4 is 10.5 Å². The molecule has 0 aliphatic carbocycles. The number of nitriles is 1. The van der Waals surface area contributed by atoms with E-state index < -0.39 is 58.2 Å². The van der Waals surface area contributed by atoms with E-state index in [-0.39, 0.29) is 12.4 Å². The number of alkyl halides is 3. The van der Waals surface area contributed by atoms with Crippen molar-refractivity contribution in [1.29, 1.82) is 5.26 Å². The number of carbonyl (C=O) groups excluding carboxylic acids is 1. The second-order valence-electron chi connectivity index (χ2n) is 5.44. The number of nitrogens with two attached hydrogens (primary N) is 1. The fourth-order valence-corrected chi connectivity index (χ4v) is 2.67. The van der Waals surface area contributed by atoms with Crippen LogP contribution in [0.2, 0.25) is 0 Å². The minimum absolute atomic E-state index is 0.138. The molecule has 1 unspecified atom stereocenters. The van der Waals surface area contributed by atoms with Crippen molar-refractivity contribution in [2.75, 3.05) is 6.61 Å². The predicted octanol–water partition coefficient (Wildman–Crippen LogP) is 3.51. The SMILES string of the molecule is CCOC(=O)C1=C(C)OC(N)=C(C#N)C1c1c(OC(F)(F)F)ccc(F)c1F. The smallest absolute Gasteiger partial charge is 0.463 e. The van der Waals surface area contributed by atoms with Crippen molar-refractivity contribution < 1.29 is 41.0 Å². The van der Waals surface area contributed by atoms with Crippen LogP contribution in [0.4, 0.5) is 22.0 Å². The second kappa shape index (κ2) is 7.75. The molecule has 0 saturated carbocycles. The zero-order valence-corrected chi connectivity index (χ0v) is 14.5. The van der Waals surface area contributed by atoms with Crippen LogP contribution in [0.1, 0.15) is 25.3 Å². The summed E-state index contributed by atoms with van der Waals surface area (Å²) in [4.78, 5) is 12.3. The van der Waals surface area contributed by atoms with Gasteiger partial charge in [-0.3, -0.25) is 0 Å². The third-order valence-electron chi connectivity index (χ3n) is 3.71. The van der Waals surface area contributed by atoms with Gasteiger partial charge in [0.15, 0.2) is 11.6 Å². The summed E-state index contributed by atoms with van der Waals surface area (Å²) in [5.74, 6) is -8.19. The maximum atomic E-state index is 14.6. The lowest BCUT2D eigenvalue weighted by molar-refractivity contribution is -0.275. The van der Waals surface area contributed by atoms with Crippen molar-refractivity contribution in [1.82, 2.24) is 0 Å². The molecule has 1 aliphatic rings. The number of nitrogens with zero attached hydrogens (tertiary/aromatic N) is 1. The second-order valence-corrected chi connectivity index (χ2v) is 5.44. The number of hydrogen-bond acceptors (Lipinski definition) is 6. The van der Waals surface area contributed by atoms with E-state index in [1.165, 1.54) is 13.8 Å². The molecule has 28 heavy (non-hydrogen) atoms. The maximum absolute atomic E-state index is 14.6. The van der Waals surface area contributed by atoms with Gasteiger partial charge in [0.25, 0.3) is 0 Å². The fraction of sp³-hybridized carbons (Fsp3) is 0.294. The number of rotatable bonds is 4. The average Bonchev–Trinajstić information content (AvgIpc) is 2.57. The third-order valence-corrected chi connectivity index (χ3v) is 3.71. The van der Waals surface area contributed by atoms with E-state index in [1.54, 1.807) is 6.07 Å². The molecule has 0 spiro atoms. The van der Waals surface area contributed by atoms with E-state index >= 15 is 0 Å². The lowest BCUT2D eigenvalue weighted by Crippen LogP contribution is -2.27. The van der Waals surface area contributed by atoms with Crippen molar-refractivity contribution in [2.24, 2.45) is 5.73 Å². The van der Waals surface area contributed by atoms with Gasteiger partial charge in [0.1, 0.15) is 23.2 Å². The molecule has 1 aromatic rings. The van der Waals surface area contributed by atoms with Crippen molar-refractivity contribution >= 4 is 5.97 Å². The van der Waals surface area contributed by atoms with Crippen LogP contribution in [0.25, 0.3) is 0 Å². The Labute approximate surface area is 155 Å². The summed E-state index contributed by atoms with van der Waals surface area (Å²) >= 11 is 0. The highest BCUT2D eigenvalue weighted by atomic mass is 19.4. The lowest BCUT2D eigenvalue weighted by Gasteiger charge is -2.28. The first-order chi connectivity index (χ1) is 13.0. The number of halogens is 5. The van der Waals surface area contributed by atoms with Crippen LogP contribution in [0, 0.1) is 23.0 Å². The minimum atomic E-state index is -5.25. The van der Waals surface area contributed by atoms with Gasteiger partial charge in [0.2, 0.25) is 5.88 Å². The van der Waals surface area contributed by atoms with Crippen LogP contribution in [0.5, 0.6) is 5.75 Å². The lowest BCUT2D eigenvalue weighted by atomic mass is 9.82. The Bertz CT molecular complexity index is 915. The summed E-state index contributed by atoms with van der Waals surface area (Å²) < 4.78 is 80.4. The van der Waals surface area contributed by atoms with E-state index in [0.29, 0.717) is 12.1 Å². The van der Waals surface area contributed by atoms with Crippen molar-refractivity contribution in [3.63, 3.8) is 0 Å². The van der Waals surface area contributed by atoms with E-state index in [0.717, 1.165) is 0 Å². The van der Waals surface area contributed by atoms with Gasteiger partial charge in [-0.2, -0.15) is 5.26 Å². The van der Waals surface area contributed by atoms with E-state index in [1.807, 2.05) is 0 Å². The monoisotopic (exact) mass is 404 g/mol. The molecule has 1 atom stereocenters. The molecule has 0 radical (unpaired) electrons. The molecule has 1 heterocycles. The molecule has 0 aromatic heterocycles. The van der Waals surface area contributed by atoms with Gasteiger partial charge in [0.05, 0.1) is 18.1 Å². The summed E-state index contributed by atoms with van der Waals surface area (Å²) in [5, 5.41) is 9.37. The largest absolute Gasteiger partial charge is 0.573 e.